The van der Waals surface area contributed by atoms with Gasteiger partial charge < -0.3 is 20.0 Å². The number of likely N-dealkylation sites (tertiary alicyclic amines) is 2. The number of hydrogen-bond donors (Lipinski definition) is 1. The van der Waals surface area contributed by atoms with Crippen LogP contribution < -0.4 is 5.32 Å². The molecule has 10 heteroatoms. The van der Waals surface area contributed by atoms with Gasteiger partial charge in [0.05, 0.1) is 21.7 Å². The predicted octanol–water partition coefficient (Wildman–Crippen LogP) is 5.86. The number of piperidine rings is 2. The van der Waals surface area contributed by atoms with Gasteiger partial charge in [0, 0.05) is 58.2 Å². The summed E-state index contributed by atoms with van der Waals surface area (Å²) in [6, 6.07) is 18.8. The molecule has 2 saturated heterocycles. The normalized spacial score (nSPS) is 17.5. The van der Waals surface area contributed by atoms with Gasteiger partial charge in [0.15, 0.2) is 0 Å². The van der Waals surface area contributed by atoms with Crippen LogP contribution >= 0.6 is 23.2 Å². The molecule has 3 aromatic rings. The number of carbonyl (C=O) groups is 3. The molecule has 1 atom stereocenters. The summed E-state index contributed by atoms with van der Waals surface area (Å²) in [6.07, 6.45) is 4.19. The van der Waals surface area contributed by atoms with E-state index in [-0.39, 0.29) is 23.6 Å². The predicted molar refractivity (Wildman–Crippen MR) is 177 cm³/mol. The zero-order valence-corrected chi connectivity index (χ0v) is 27.3. The van der Waals surface area contributed by atoms with Gasteiger partial charge in [0.1, 0.15) is 5.54 Å². The van der Waals surface area contributed by atoms with E-state index < -0.39 is 5.54 Å². The first-order valence-electron chi connectivity index (χ1n) is 15.5. The Morgan fingerprint density at radius 1 is 1.04 bits per heavy atom. The molecule has 45 heavy (non-hydrogen) atoms. The van der Waals surface area contributed by atoms with Crippen LogP contribution in [0.1, 0.15) is 65.9 Å². The largest absolute Gasteiger partial charge is 0.357 e. The highest BCUT2D eigenvalue weighted by atomic mass is 35.5. The molecule has 2 heterocycles. The van der Waals surface area contributed by atoms with Crippen LogP contribution in [-0.4, -0.2) is 84.8 Å². The fraction of sp³-hybridized carbons (Fsp3) is 0.429. The quantitative estimate of drug-likeness (QED) is 0.314. The number of likely N-dealkylation sites (N-methyl/N-ethyl adjacent to an activating group) is 2. The van der Waals surface area contributed by atoms with Crippen LogP contribution in [0.2, 0.25) is 10.0 Å². The van der Waals surface area contributed by atoms with Crippen molar-refractivity contribution in [3.05, 3.63) is 81.3 Å². The Labute approximate surface area is 274 Å². The molecule has 0 bridgehead atoms. The molecule has 0 radical (unpaired) electrons. The van der Waals surface area contributed by atoms with Gasteiger partial charge in [-0.3, -0.25) is 14.4 Å². The third kappa shape index (κ3) is 6.96. The van der Waals surface area contributed by atoms with Crippen LogP contribution in [-0.2, 0) is 9.59 Å². The van der Waals surface area contributed by atoms with Crippen molar-refractivity contribution < 1.29 is 14.4 Å². The van der Waals surface area contributed by atoms with Gasteiger partial charge in [0.25, 0.3) is 5.91 Å². The lowest BCUT2D eigenvalue weighted by atomic mass is 9.82. The molecule has 5 rings (SSSR count). The molecule has 3 amide bonds. The first-order valence-corrected chi connectivity index (χ1v) is 16.3. The number of nitriles is 1. The molecule has 0 spiro atoms. The summed E-state index contributed by atoms with van der Waals surface area (Å²) < 4.78 is 0. The Bertz CT molecular complexity index is 1630. The molecule has 8 nitrogen and oxygen atoms in total. The maximum Gasteiger partial charge on any atom is 0.254 e. The minimum Gasteiger partial charge on any atom is -0.357 e. The molecule has 236 valence electrons. The van der Waals surface area contributed by atoms with E-state index in [0.717, 1.165) is 42.1 Å². The second kappa shape index (κ2) is 14.2. The number of amides is 3. The summed E-state index contributed by atoms with van der Waals surface area (Å²) >= 11 is 12.7. The molecule has 0 aliphatic carbocycles. The van der Waals surface area contributed by atoms with Crippen LogP contribution in [0.15, 0.2) is 54.6 Å². The third-order valence-electron chi connectivity index (χ3n) is 9.44. The lowest BCUT2D eigenvalue weighted by molar-refractivity contribution is -0.153. The van der Waals surface area contributed by atoms with Crippen LogP contribution in [0.5, 0.6) is 0 Å². The zero-order valence-electron chi connectivity index (χ0n) is 25.8. The highest BCUT2D eigenvalue weighted by Crippen LogP contribution is 2.34. The Balaban J connectivity index is 1.33. The summed E-state index contributed by atoms with van der Waals surface area (Å²) in [6.45, 7) is 3.18. The lowest BCUT2D eigenvalue weighted by Crippen LogP contribution is -2.65. The van der Waals surface area contributed by atoms with Crippen LogP contribution in [0.4, 0.5) is 0 Å². The third-order valence-corrected chi connectivity index (χ3v) is 10.2. The van der Waals surface area contributed by atoms with Gasteiger partial charge in [-0.15, -0.1) is 0 Å². The fourth-order valence-electron chi connectivity index (χ4n) is 6.90. The van der Waals surface area contributed by atoms with Crippen molar-refractivity contribution in [3.8, 4) is 6.07 Å². The molecular weight excluding hydrogens is 609 g/mol. The lowest BCUT2D eigenvalue weighted by Gasteiger charge is -2.48. The van der Waals surface area contributed by atoms with E-state index in [4.69, 9.17) is 23.2 Å². The number of nitrogens with one attached hydrogen (secondary N) is 1. The highest BCUT2D eigenvalue weighted by molar-refractivity contribution is 6.42. The standard InChI is InChI=1S/C35H39Cl2N5O3/c1-39-34(45)35(42-15-6-5-9-32(42)43)13-17-41(18-14-35)16-12-27(25-10-11-30(36)31(37)21-25)23-40(2)33(44)29-20-24(22-38)19-26-7-3-4-8-28(26)29/h3-4,7-8,10-11,19-21,27H,5-6,9,12-18,23H2,1-2H3,(H,39,45)/t27-/m1/s1. The number of halogens is 2. The number of hydrogen-bond acceptors (Lipinski definition) is 5. The van der Waals surface area contributed by atoms with Crippen molar-refractivity contribution in [2.24, 2.45) is 0 Å². The molecule has 3 aromatic carbocycles. The van der Waals surface area contributed by atoms with Crippen molar-refractivity contribution in [1.82, 2.24) is 20.0 Å². The van der Waals surface area contributed by atoms with Gasteiger partial charge in [-0.05, 0) is 79.3 Å². The van der Waals surface area contributed by atoms with E-state index in [9.17, 15) is 19.6 Å². The molecule has 2 fully saturated rings. The first kappa shape index (κ1) is 32.7. The van der Waals surface area contributed by atoms with Gasteiger partial charge in [-0.25, -0.2) is 0 Å². The van der Waals surface area contributed by atoms with Crippen molar-refractivity contribution in [1.29, 1.82) is 5.26 Å². The Kier molecular flexibility index (Phi) is 10.3. The summed E-state index contributed by atoms with van der Waals surface area (Å²) in [5, 5.41) is 15.0. The second-order valence-electron chi connectivity index (χ2n) is 12.2. The minimum atomic E-state index is -0.806. The van der Waals surface area contributed by atoms with Gasteiger partial charge in [0.2, 0.25) is 11.8 Å². The van der Waals surface area contributed by atoms with Crippen molar-refractivity contribution in [3.63, 3.8) is 0 Å². The Morgan fingerprint density at radius 3 is 2.49 bits per heavy atom. The number of carbonyl (C=O) groups excluding carboxylic acids is 3. The van der Waals surface area contributed by atoms with Gasteiger partial charge >= 0.3 is 0 Å². The monoisotopic (exact) mass is 647 g/mol. The molecule has 1 N–H and O–H groups in total. The van der Waals surface area contributed by atoms with E-state index in [0.29, 0.717) is 66.6 Å². The number of benzene rings is 3. The number of nitrogens with zero attached hydrogens (tertiary/aromatic N) is 4. The van der Waals surface area contributed by atoms with Crippen molar-refractivity contribution in [2.45, 2.75) is 50.0 Å². The van der Waals surface area contributed by atoms with E-state index in [1.165, 1.54) is 0 Å². The average Bonchev–Trinajstić information content (AvgIpc) is 3.07. The summed E-state index contributed by atoms with van der Waals surface area (Å²) in [4.78, 5) is 45.8. The molecule has 0 saturated carbocycles. The zero-order chi connectivity index (χ0) is 32.1. The maximum atomic E-state index is 13.9. The highest BCUT2D eigenvalue weighted by Gasteiger charge is 2.48. The number of fused-ring (bicyclic) bond motifs is 1. The maximum absolute atomic E-state index is 13.9. The molecular formula is C35H39Cl2N5O3. The van der Waals surface area contributed by atoms with E-state index in [2.05, 4.69) is 16.3 Å². The van der Waals surface area contributed by atoms with Crippen molar-refractivity contribution in [2.75, 3.05) is 46.8 Å². The molecule has 2 aliphatic rings. The first-order chi connectivity index (χ1) is 21.7. The Morgan fingerprint density at radius 2 is 1.80 bits per heavy atom. The summed E-state index contributed by atoms with van der Waals surface area (Å²) in [5.41, 5.74) is 1.11. The average molecular weight is 649 g/mol. The fourth-order valence-corrected chi connectivity index (χ4v) is 7.20. The smallest absolute Gasteiger partial charge is 0.254 e. The molecule has 0 aromatic heterocycles. The van der Waals surface area contributed by atoms with Crippen LogP contribution in [0.3, 0.4) is 0 Å². The van der Waals surface area contributed by atoms with E-state index in [1.54, 1.807) is 37.2 Å². The summed E-state index contributed by atoms with van der Waals surface area (Å²) in [5.74, 6) is -0.223. The second-order valence-corrected chi connectivity index (χ2v) is 13.0. The van der Waals surface area contributed by atoms with Gasteiger partial charge in [-0.2, -0.15) is 5.26 Å². The van der Waals surface area contributed by atoms with Gasteiger partial charge in [-0.1, -0.05) is 53.5 Å². The topological polar surface area (TPSA) is 96.8 Å². The molecule has 2 aliphatic heterocycles. The molecule has 0 unspecified atom stereocenters. The van der Waals surface area contributed by atoms with Crippen molar-refractivity contribution >= 4 is 51.7 Å². The van der Waals surface area contributed by atoms with E-state index in [1.807, 2.05) is 41.3 Å². The van der Waals surface area contributed by atoms with Crippen LogP contribution in [0.25, 0.3) is 10.8 Å². The van der Waals surface area contributed by atoms with E-state index >= 15 is 0 Å². The summed E-state index contributed by atoms with van der Waals surface area (Å²) in [7, 11) is 3.43. The number of rotatable bonds is 9. The Hall–Kier alpha value is -3.64. The SMILES string of the molecule is CNC(=O)C1(N2CCCCC2=O)CCN(CC[C@H](CN(C)C(=O)c2cc(C#N)cc3ccccc23)c2ccc(Cl)c(Cl)c2)CC1. The van der Waals surface area contributed by atoms with Crippen LogP contribution in [0, 0.1) is 11.3 Å². The minimum absolute atomic E-state index is 0.0478.